The fourth-order valence-corrected chi connectivity index (χ4v) is 4.10. The van der Waals surface area contributed by atoms with Gasteiger partial charge in [0.05, 0.1) is 30.4 Å². The molecule has 1 unspecified atom stereocenters. The van der Waals surface area contributed by atoms with Gasteiger partial charge < -0.3 is 15.1 Å². The lowest BCUT2D eigenvalue weighted by Crippen LogP contribution is -2.41. The van der Waals surface area contributed by atoms with Crippen LogP contribution >= 0.6 is 0 Å². The summed E-state index contributed by atoms with van der Waals surface area (Å²) in [5.41, 5.74) is 5.92. The highest BCUT2D eigenvalue weighted by atomic mass is 16.3. The van der Waals surface area contributed by atoms with Crippen LogP contribution in [-0.2, 0) is 4.79 Å². The van der Waals surface area contributed by atoms with E-state index >= 15 is 0 Å². The van der Waals surface area contributed by atoms with Gasteiger partial charge in [-0.3, -0.25) is 4.79 Å². The average molecular weight is 330 g/mol. The number of hydrogen-bond donors (Lipinski definition) is 1. The maximum absolute atomic E-state index is 12.3. The Morgan fingerprint density at radius 1 is 1.20 bits per heavy atom. The van der Waals surface area contributed by atoms with Gasteiger partial charge in [0.25, 0.3) is 0 Å². The first kappa shape index (κ1) is 15.0. The van der Waals surface area contributed by atoms with E-state index in [-0.39, 0.29) is 0 Å². The summed E-state index contributed by atoms with van der Waals surface area (Å²) < 4.78 is 5.49. The van der Waals surface area contributed by atoms with Gasteiger partial charge in [-0.2, -0.15) is 10.5 Å². The fraction of sp³-hybridized carbons (Fsp3) is 0.211. The Morgan fingerprint density at radius 2 is 1.96 bits per heavy atom. The zero-order valence-electron chi connectivity index (χ0n) is 13.2. The molecule has 0 spiro atoms. The van der Waals surface area contributed by atoms with Crippen molar-refractivity contribution < 1.29 is 9.21 Å². The van der Waals surface area contributed by atoms with Crippen LogP contribution in [0.3, 0.4) is 0 Å². The van der Waals surface area contributed by atoms with Crippen molar-refractivity contribution in [3.63, 3.8) is 0 Å². The molecule has 3 atom stereocenters. The number of nitrogens with two attached hydrogens (primary N) is 1. The quantitative estimate of drug-likeness (QED) is 0.909. The third-order valence-electron chi connectivity index (χ3n) is 5.08. The third kappa shape index (κ3) is 1.85. The minimum atomic E-state index is -1.50. The largest absolute Gasteiger partial charge is 0.469 e. The zero-order chi connectivity index (χ0) is 17.6. The third-order valence-corrected chi connectivity index (χ3v) is 5.08. The predicted octanol–water partition coefficient (Wildman–Crippen LogP) is 2.29. The van der Waals surface area contributed by atoms with Crippen LogP contribution in [0.2, 0.25) is 0 Å². The molecule has 0 bridgehead atoms. The molecule has 6 heteroatoms. The van der Waals surface area contributed by atoms with Gasteiger partial charge >= 0.3 is 0 Å². The van der Waals surface area contributed by atoms with Crippen LogP contribution in [-0.4, -0.2) is 16.8 Å². The molecule has 3 heterocycles. The van der Waals surface area contributed by atoms with E-state index in [1.54, 1.807) is 23.2 Å². The van der Waals surface area contributed by atoms with Gasteiger partial charge in [0.2, 0.25) is 5.91 Å². The summed E-state index contributed by atoms with van der Waals surface area (Å²) >= 11 is 0. The second-order valence-corrected chi connectivity index (χ2v) is 6.23. The molecule has 1 saturated heterocycles. The van der Waals surface area contributed by atoms with Crippen molar-refractivity contribution in [2.75, 3.05) is 0 Å². The van der Waals surface area contributed by atoms with Crippen LogP contribution in [0.15, 0.2) is 53.3 Å². The van der Waals surface area contributed by atoms with Gasteiger partial charge in [0, 0.05) is 6.20 Å². The highest BCUT2D eigenvalue weighted by Gasteiger charge is 2.64. The van der Waals surface area contributed by atoms with Crippen molar-refractivity contribution in [3.8, 4) is 12.1 Å². The first-order valence-corrected chi connectivity index (χ1v) is 7.84. The standard InChI is InChI=1S/C19H14N4O2/c20-10-19(11-21)15(14-6-3-9-25-14)16(18(22)24)23-8-7-12-4-1-2-5-13(12)17(19)23/h1-9,15-17H,(H2,22,24)/t15-,16+,17?/m1/s1. The molecular weight excluding hydrogens is 316 g/mol. The minimum Gasteiger partial charge on any atom is -0.469 e. The number of primary amides is 1. The molecule has 2 aliphatic rings. The molecule has 4 rings (SSSR count). The number of fused-ring (bicyclic) bond motifs is 3. The Hall–Kier alpha value is -3.51. The van der Waals surface area contributed by atoms with Crippen LogP contribution in [0.4, 0.5) is 0 Å². The number of furan rings is 1. The van der Waals surface area contributed by atoms with Crippen LogP contribution in [0.5, 0.6) is 0 Å². The number of carbonyl (C=O) groups is 1. The molecule has 2 N–H and O–H groups in total. The number of hydrogen-bond acceptors (Lipinski definition) is 5. The number of nitriles is 2. The second-order valence-electron chi connectivity index (χ2n) is 6.23. The molecule has 2 aliphatic heterocycles. The number of carbonyl (C=O) groups excluding carboxylic acids is 1. The molecule has 1 amide bonds. The van der Waals surface area contributed by atoms with E-state index < -0.39 is 29.3 Å². The summed E-state index contributed by atoms with van der Waals surface area (Å²) in [5, 5.41) is 20.1. The van der Waals surface area contributed by atoms with Crippen molar-refractivity contribution in [3.05, 3.63) is 65.7 Å². The summed E-state index contributed by atoms with van der Waals surface area (Å²) in [6, 6.07) is 13.8. The second kappa shape index (κ2) is 5.25. The maximum Gasteiger partial charge on any atom is 0.240 e. The first-order valence-electron chi connectivity index (χ1n) is 7.84. The smallest absolute Gasteiger partial charge is 0.240 e. The van der Waals surface area contributed by atoms with E-state index in [1.807, 2.05) is 30.3 Å². The van der Waals surface area contributed by atoms with Crippen molar-refractivity contribution >= 4 is 12.0 Å². The average Bonchev–Trinajstić information content (AvgIpc) is 3.25. The molecule has 2 aromatic rings. The fourth-order valence-electron chi connectivity index (χ4n) is 4.10. The molecule has 6 nitrogen and oxygen atoms in total. The van der Waals surface area contributed by atoms with E-state index in [0.717, 1.165) is 11.1 Å². The Morgan fingerprint density at radius 3 is 2.60 bits per heavy atom. The summed E-state index contributed by atoms with van der Waals surface area (Å²) in [6.07, 6.45) is 5.08. The van der Waals surface area contributed by atoms with Gasteiger partial charge in [0.1, 0.15) is 11.8 Å². The highest BCUT2D eigenvalue weighted by molar-refractivity contribution is 5.83. The maximum atomic E-state index is 12.3. The molecule has 1 aromatic carbocycles. The number of amides is 1. The molecule has 0 saturated carbocycles. The van der Waals surface area contributed by atoms with Crippen molar-refractivity contribution in [1.29, 1.82) is 10.5 Å². The van der Waals surface area contributed by atoms with E-state index in [0.29, 0.717) is 5.76 Å². The lowest BCUT2D eigenvalue weighted by Gasteiger charge is -2.34. The molecule has 0 radical (unpaired) electrons. The van der Waals surface area contributed by atoms with E-state index in [9.17, 15) is 15.3 Å². The van der Waals surface area contributed by atoms with Gasteiger partial charge in [-0.15, -0.1) is 0 Å². The molecule has 1 aromatic heterocycles. The van der Waals surface area contributed by atoms with Crippen molar-refractivity contribution in [2.45, 2.75) is 18.0 Å². The van der Waals surface area contributed by atoms with Crippen LogP contribution < -0.4 is 5.73 Å². The molecule has 0 aliphatic carbocycles. The minimum absolute atomic E-state index is 0.409. The number of nitrogens with zero attached hydrogens (tertiary/aromatic N) is 3. The highest BCUT2D eigenvalue weighted by Crippen LogP contribution is 2.59. The molecule has 122 valence electrons. The van der Waals surface area contributed by atoms with Crippen molar-refractivity contribution in [2.24, 2.45) is 11.1 Å². The summed E-state index contributed by atoms with van der Waals surface area (Å²) in [4.78, 5) is 14.0. The lowest BCUT2D eigenvalue weighted by atomic mass is 9.69. The summed E-state index contributed by atoms with van der Waals surface area (Å²) in [6.45, 7) is 0. The summed E-state index contributed by atoms with van der Waals surface area (Å²) in [7, 11) is 0. The van der Waals surface area contributed by atoms with Crippen molar-refractivity contribution in [1.82, 2.24) is 4.90 Å². The SMILES string of the molecule is N#CC1(C#N)C2c3ccccc3C=CN2[C@H](C(N)=O)[C@H]1c1ccco1. The Labute approximate surface area is 144 Å². The topological polar surface area (TPSA) is 107 Å². The van der Waals surface area contributed by atoms with E-state index in [1.165, 1.54) is 6.26 Å². The Bertz CT molecular complexity index is 935. The first-order chi connectivity index (χ1) is 12.1. The van der Waals surface area contributed by atoms with Crippen LogP contribution in [0.1, 0.15) is 28.8 Å². The number of benzene rings is 1. The van der Waals surface area contributed by atoms with E-state index in [4.69, 9.17) is 10.2 Å². The van der Waals surface area contributed by atoms with Gasteiger partial charge in [-0.1, -0.05) is 24.3 Å². The summed E-state index contributed by atoms with van der Waals surface area (Å²) in [5.74, 6) is -0.967. The molecule has 25 heavy (non-hydrogen) atoms. The molecular formula is C19H14N4O2. The van der Waals surface area contributed by atoms with Gasteiger partial charge in [-0.25, -0.2) is 0 Å². The van der Waals surface area contributed by atoms with Gasteiger partial charge in [-0.05, 0) is 29.3 Å². The Kier molecular flexibility index (Phi) is 3.16. The van der Waals surface area contributed by atoms with E-state index in [2.05, 4.69) is 12.1 Å². The predicted molar refractivity (Wildman–Crippen MR) is 88.1 cm³/mol. The van der Waals surface area contributed by atoms with Gasteiger partial charge in [0.15, 0.2) is 5.41 Å². The monoisotopic (exact) mass is 330 g/mol. The van der Waals surface area contributed by atoms with Crippen LogP contribution in [0.25, 0.3) is 6.08 Å². The number of rotatable bonds is 2. The Balaban J connectivity index is 2.02. The molecule has 1 fully saturated rings. The lowest BCUT2D eigenvalue weighted by molar-refractivity contribution is -0.122. The van der Waals surface area contributed by atoms with Crippen LogP contribution in [0, 0.1) is 28.1 Å². The zero-order valence-corrected chi connectivity index (χ0v) is 13.2. The normalized spacial score (nSPS) is 25.5.